The second-order valence-electron chi connectivity index (χ2n) is 4.42. The van der Waals surface area contributed by atoms with Gasteiger partial charge in [0.25, 0.3) is 0 Å². The number of hydrogen-bond donors (Lipinski definition) is 0. The molecule has 2 aromatic heterocycles. The zero-order chi connectivity index (χ0) is 11.1. The summed E-state index contributed by atoms with van der Waals surface area (Å²) in [5, 5.41) is 1.38. The van der Waals surface area contributed by atoms with Crippen LogP contribution in [0.4, 0.5) is 0 Å². The van der Waals surface area contributed by atoms with Crippen LogP contribution in [0.1, 0.15) is 37.3 Å². The molecule has 0 unspecified atom stereocenters. The van der Waals surface area contributed by atoms with E-state index in [1.165, 1.54) is 25.7 Å². The standard InChI is InChI=1S/C12H13ClN3/c1-8-7-16(9-4-2-3-5-9)11-10(8)6-14-12(13)15-11/h6,9H,2-5H2,1H3. The molecule has 0 bridgehead atoms. The minimum Gasteiger partial charge on any atom is -0.321 e. The topological polar surface area (TPSA) is 30.7 Å². The van der Waals surface area contributed by atoms with Crippen molar-refractivity contribution in [1.29, 1.82) is 0 Å². The van der Waals surface area contributed by atoms with E-state index in [2.05, 4.69) is 20.7 Å². The first-order chi connectivity index (χ1) is 7.75. The van der Waals surface area contributed by atoms with E-state index in [1.54, 1.807) is 6.20 Å². The number of fused-ring (bicyclic) bond motifs is 1. The zero-order valence-electron chi connectivity index (χ0n) is 9.20. The summed E-state index contributed by atoms with van der Waals surface area (Å²) in [5.74, 6) is 0. The average molecular weight is 235 g/mol. The lowest BCUT2D eigenvalue weighted by Gasteiger charge is -2.11. The zero-order valence-corrected chi connectivity index (χ0v) is 9.96. The van der Waals surface area contributed by atoms with Gasteiger partial charge >= 0.3 is 0 Å². The van der Waals surface area contributed by atoms with Gasteiger partial charge in [-0.1, -0.05) is 12.8 Å². The number of hydrogen-bond acceptors (Lipinski definition) is 2. The summed E-state index contributed by atoms with van der Waals surface area (Å²) in [5.41, 5.74) is 2.04. The van der Waals surface area contributed by atoms with E-state index in [4.69, 9.17) is 11.6 Å². The monoisotopic (exact) mass is 234 g/mol. The van der Waals surface area contributed by atoms with Crippen molar-refractivity contribution in [2.24, 2.45) is 0 Å². The third-order valence-electron chi connectivity index (χ3n) is 3.35. The SMILES string of the molecule is Cc1[c]n(C2CCCC2)c2nc(Cl)ncc12. The van der Waals surface area contributed by atoms with Gasteiger partial charge in [-0.25, -0.2) is 4.98 Å². The minimum atomic E-state index is 0.318. The van der Waals surface area contributed by atoms with Crippen molar-refractivity contribution in [2.45, 2.75) is 38.6 Å². The van der Waals surface area contributed by atoms with Crippen LogP contribution in [-0.4, -0.2) is 14.5 Å². The summed E-state index contributed by atoms with van der Waals surface area (Å²) < 4.78 is 2.16. The predicted octanol–water partition coefficient (Wildman–Crippen LogP) is 3.31. The lowest BCUT2D eigenvalue weighted by molar-refractivity contribution is 0.528. The first kappa shape index (κ1) is 10.1. The van der Waals surface area contributed by atoms with Crippen LogP contribution >= 0.6 is 11.6 Å². The average Bonchev–Trinajstić information content (AvgIpc) is 2.86. The molecular formula is C12H13ClN3. The Labute approximate surface area is 99.5 Å². The lowest BCUT2D eigenvalue weighted by Crippen LogP contribution is -2.04. The van der Waals surface area contributed by atoms with Crippen LogP contribution < -0.4 is 0 Å². The van der Waals surface area contributed by atoms with Crippen LogP contribution in [-0.2, 0) is 0 Å². The third kappa shape index (κ3) is 1.50. The Morgan fingerprint density at radius 2 is 2.19 bits per heavy atom. The van der Waals surface area contributed by atoms with Crippen molar-refractivity contribution in [2.75, 3.05) is 0 Å². The predicted molar refractivity (Wildman–Crippen MR) is 63.6 cm³/mol. The van der Waals surface area contributed by atoms with Gasteiger partial charge in [0, 0.05) is 17.6 Å². The largest absolute Gasteiger partial charge is 0.321 e. The smallest absolute Gasteiger partial charge is 0.224 e. The van der Waals surface area contributed by atoms with Crippen molar-refractivity contribution < 1.29 is 0 Å². The molecule has 0 N–H and O–H groups in total. The molecule has 1 aliphatic carbocycles. The fraction of sp³-hybridized carbons (Fsp3) is 0.500. The number of nitrogens with zero attached hydrogens (tertiary/aromatic N) is 3. The van der Waals surface area contributed by atoms with Gasteiger partial charge in [0.2, 0.25) is 5.28 Å². The summed E-state index contributed by atoms with van der Waals surface area (Å²) in [4.78, 5) is 8.36. The van der Waals surface area contributed by atoms with Crippen molar-refractivity contribution in [3.8, 4) is 0 Å². The van der Waals surface area contributed by atoms with Crippen molar-refractivity contribution in [1.82, 2.24) is 14.5 Å². The molecule has 16 heavy (non-hydrogen) atoms. The normalized spacial score (nSPS) is 17.4. The highest BCUT2D eigenvalue weighted by molar-refractivity contribution is 6.28. The van der Waals surface area contributed by atoms with Gasteiger partial charge < -0.3 is 4.57 Å². The third-order valence-corrected chi connectivity index (χ3v) is 3.53. The molecule has 0 saturated heterocycles. The Morgan fingerprint density at radius 3 is 2.94 bits per heavy atom. The number of aromatic nitrogens is 3. The molecule has 3 rings (SSSR count). The van der Waals surface area contributed by atoms with Crippen LogP contribution in [0.15, 0.2) is 6.20 Å². The van der Waals surface area contributed by atoms with Gasteiger partial charge in [0.1, 0.15) is 5.65 Å². The summed E-state index contributed by atoms with van der Waals surface area (Å²) in [6.45, 7) is 2.05. The van der Waals surface area contributed by atoms with Gasteiger partial charge in [-0.15, -0.1) is 0 Å². The second kappa shape index (κ2) is 3.74. The Morgan fingerprint density at radius 1 is 1.44 bits per heavy atom. The van der Waals surface area contributed by atoms with Gasteiger partial charge in [-0.2, -0.15) is 4.98 Å². The van der Waals surface area contributed by atoms with Crippen LogP contribution in [0.5, 0.6) is 0 Å². The molecule has 2 heterocycles. The molecule has 83 valence electrons. The summed E-state index contributed by atoms with van der Waals surface area (Å²) in [6, 6.07) is 0.544. The highest BCUT2D eigenvalue weighted by Crippen LogP contribution is 2.33. The van der Waals surface area contributed by atoms with Crippen molar-refractivity contribution in [3.63, 3.8) is 0 Å². The second-order valence-corrected chi connectivity index (χ2v) is 4.76. The lowest BCUT2D eigenvalue weighted by atomic mass is 10.2. The molecule has 4 heteroatoms. The number of halogens is 1. The highest BCUT2D eigenvalue weighted by atomic mass is 35.5. The van der Waals surface area contributed by atoms with Crippen molar-refractivity contribution in [3.05, 3.63) is 23.2 Å². The summed E-state index contributed by atoms with van der Waals surface area (Å²) in [7, 11) is 0. The first-order valence-electron chi connectivity index (χ1n) is 5.68. The molecule has 1 fully saturated rings. The molecule has 1 saturated carbocycles. The quantitative estimate of drug-likeness (QED) is 0.709. The maximum atomic E-state index is 5.86. The molecule has 0 aromatic carbocycles. The molecule has 3 nitrogen and oxygen atoms in total. The maximum Gasteiger partial charge on any atom is 0.224 e. The molecule has 2 aromatic rings. The number of rotatable bonds is 1. The van der Waals surface area contributed by atoms with Crippen molar-refractivity contribution >= 4 is 22.6 Å². The van der Waals surface area contributed by atoms with E-state index in [0.29, 0.717) is 11.3 Å². The van der Waals surface area contributed by atoms with E-state index in [9.17, 15) is 0 Å². The molecular weight excluding hydrogens is 222 g/mol. The van der Waals surface area contributed by atoms with E-state index < -0.39 is 0 Å². The molecule has 0 aliphatic heterocycles. The Bertz CT molecular complexity index is 526. The van der Waals surface area contributed by atoms with E-state index in [-0.39, 0.29) is 0 Å². The molecule has 0 spiro atoms. The first-order valence-corrected chi connectivity index (χ1v) is 6.06. The molecule has 1 radical (unpaired) electrons. The van der Waals surface area contributed by atoms with Gasteiger partial charge in [-0.05, 0) is 36.9 Å². The fourth-order valence-electron chi connectivity index (χ4n) is 2.52. The van der Waals surface area contributed by atoms with E-state index in [0.717, 1.165) is 16.6 Å². The van der Waals surface area contributed by atoms with Crippen LogP contribution in [0.2, 0.25) is 5.28 Å². The summed E-state index contributed by atoms with van der Waals surface area (Å²) in [6.07, 6.45) is 10.2. The van der Waals surface area contributed by atoms with Gasteiger partial charge in [0.05, 0.1) is 6.20 Å². The van der Waals surface area contributed by atoms with E-state index in [1.807, 2.05) is 6.92 Å². The Balaban J connectivity index is 2.19. The summed E-state index contributed by atoms with van der Waals surface area (Å²) >= 11 is 5.86. The molecule has 0 amide bonds. The fourth-order valence-corrected chi connectivity index (χ4v) is 2.65. The number of aryl methyl sites for hydroxylation is 1. The van der Waals surface area contributed by atoms with Gasteiger partial charge in [0.15, 0.2) is 0 Å². The van der Waals surface area contributed by atoms with Crippen LogP contribution in [0.25, 0.3) is 11.0 Å². The highest BCUT2D eigenvalue weighted by Gasteiger charge is 2.20. The Kier molecular flexibility index (Phi) is 2.36. The van der Waals surface area contributed by atoms with Gasteiger partial charge in [-0.3, -0.25) is 0 Å². The van der Waals surface area contributed by atoms with E-state index >= 15 is 0 Å². The van der Waals surface area contributed by atoms with Crippen LogP contribution in [0.3, 0.4) is 0 Å². The molecule has 1 aliphatic rings. The van der Waals surface area contributed by atoms with Crippen LogP contribution in [0, 0.1) is 13.1 Å². The maximum absolute atomic E-state index is 5.86. The molecule has 0 atom stereocenters. The Hall–Kier alpha value is -1.09. The minimum absolute atomic E-state index is 0.318.